The summed E-state index contributed by atoms with van der Waals surface area (Å²) in [6, 6.07) is 9.63. The van der Waals surface area contributed by atoms with E-state index in [0.29, 0.717) is 84.6 Å². The third-order valence-corrected chi connectivity index (χ3v) is 12.8. The summed E-state index contributed by atoms with van der Waals surface area (Å²) >= 11 is 0. The molecule has 0 aliphatic carbocycles. The van der Waals surface area contributed by atoms with Crippen LogP contribution in [0.25, 0.3) is 0 Å². The molecule has 27 heteroatoms. The second-order valence-electron chi connectivity index (χ2n) is 29.5. The van der Waals surface area contributed by atoms with Gasteiger partial charge in [-0.15, -0.1) is 0 Å². The molecule has 0 aromatic heterocycles. The van der Waals surface area contributed by atoms with E-state index < -0.39 is 44.1 Å². The summed E-state index contributed by atoms with van der Waals surface area (Å²) in [5.41, 5.74) is -2.94. The van der Waals surface area contributed by atoms with Gasteiger partial charge in [-0.05, 0) is 163 Å². The Kier molecular flexibility index (Phi) is 70.9. The molecule has 3 atom stereocenters. The fourth-order valence-electron chi connectivity index (χ4n) is 6.59. The Labute approximate surface area is 632 Å². The predicted octanol–water partition coefficient (Wildman–Crippen LogP) is 12.9. The first-order valence-electron chi connectivity index (χ1n) is 34.9. The molecule has 105 heavy (non-hydrogen) atoms. The molecular formula is C78H146O27. The van der Waals surface area contributed by atoms with Crippen LogP contribution in [-0.4, -0.2) is 226 Å². The number of carboxylic acid groups (broad SMARTS) is 1. The zero-order valence-corrected chi connectivity index (χ0v) is 71.2. The number of hydrogen-bond donors (Lipinski definition) is 1. The summed E-state index contributed by atoms with van der Waals surface area (Å²) in [4.78, 5) is 99.8. The fourth-order valence-corrected chi connectivity index (χ4v) is 6.59. The highest BCUT2D eigenvalue weighted by Crippen LogP contribution is 2.23. The minimum atomic E-state index is -0.829. The number of carbonyl (C=O) groups excluding carboxylic acids is 8. The topological polar surface area (TPSA) is 331 Å². The first-order valence-corrected chi connectivity index (χ1v) is 34.9. The summed E-state index contributed by atoms with van der Waals surface area (Å²) in [7, 11) is 15.4. The Morgan fingerprint density at radius 3 is 1.06 bits per heavy atom. The summed E-state index contributed by atoms with van der Waals surface area (Å²) in [6.07, 6.45) is 3.15. The van der Waals surface area contributed by atoms with Crippen molar-refractivity contribution in [3.63, 3.8) is 0 Å². The number of benzene rings is 1. The van der Waals surface area contributed by atoms with E-state index in [-0.39, 0.29) is 85.4 Å². The Hall–Kier alpha value is -6.17. The third-order valence-electron chi connectivity index (χ3n) is 12.8. The van der Waals surface area contributed by atoms with E-state index in [2.05, 4.69) is 16.1 Å². The molecule has 0 spiro atoms. The molecule has 0 aliphatic rings. The Bertz CT molecular complexity index is 2410. The predicted molar refractivity (Wildman–Crippen MR) is 405 cm³/mol. The van der Waals surface area contributed by atoms with Gasteiger partial charge in [-0.3, -0.25) is 43.2 Å². The Morgan fingerprint density at radius 2 is 0.762 bits per heavy atom. The summed E-state index contributed by atoms with van der Waals surface area (Å²) in [5, 5.41) is 8.49. The highest BCUT2D eigenvalue weighted by Gasteiger charge is 2.34. The van der Waals surface area contributed by atoms with E-state index in [1.165, 1.54) is 20.3 Å². The largest absolute Gasteiger partial charge is 0.481 e. The van der Waals surface area contributed by atoms with Crippen LogP contribution < -0.4 is 0 Å². The number of aliphatic carboxylic acids is 1. The number of rotatable bonds is 37. The lowest BCUT2D eigenvalue weighted by Gasteiger charge is -2.27. The van der Waals surface area contributed by atoms with Crippen LogP contribution in [0.4, 0.5) is 0 Å². The first-order chi connectivity index (χ1) is 48.2. The molecule has 3 unspecified atom stereocenters. The van der Waals surface area contributed by atoms with Crippen molar-refractivity contribution in [2.75, 3.05) is 137 Å². The maximum absolute atomic E-state index is 11.7. The van der Waals surface area contributed by atoms with E-state index in [0.717, 1.165) is 12.0 Å². The molecule has 0 amide bonds. The van der Waals surface area contributed by atoms with E-state index in [1.807, 2.05) is 134 Å². The van der Waals surface area contributed by atoms with Crippen molar-refractivity contribution in [2.45, 2.75) is 228 Å². The zero-order valence-electron chi connectivity index (χ0n) is 71.2. The molecule has 0 aliphatic heterocycles. The van der Waals surface area contributed by atoms with Crippen LogP contribution in [0, 0.1) is 38.4 Å². The fraction of sp³-hybridized carbons (Fsp3) is 0.782. The Morgan fingerprint density at radius 1 is 0.429 bits per heavy atom. The van der Waals surface area contributed by atoms with Gasteiger partial charge in [0.15, 0.2) is 0 Å². The van der Waals surface area contributed by atoms with E-state index >= 15 is 0 Å². The summed E-state index contributed by atoms with van der Waals surface area (Å²) < 4.78 is 83.3. The molecule has 1 rings (SSSR count). The molecule has 1 aromatic carbocycles. The van der Waals surface area contributed by atoms with Crippen molar-refractivity contribution in [3.05, 3.63) is 48.6 Å². The smallest absolute Gasteiger partial charge is 0.314 e. The van der Waals surface area contributed by atoms with Crippen LogP contribution >= 0.6 is 0 Å². The van der Waals surface area contributed by atoms with Crippen molar-refractivity contribution in [1.29, 1.82) is 0 Å². The van der Waals surface area contributed by atoms with Gasteiger partial charge < -0.3 is 85.6 Å². The lowest BCUT2D eigenvalue weighted by Crippen LogP contribution is -2.36. The monoisotopic (exact) mass is 1520 g/mol. The molecule has 1 N–H and O–H groups in total. The molecule has 0 saturated carbocycles. The summed E-state index contributed by atoms with van der Waals surface area (Å²) in [6.45, 7) is 51.4. The van der Waals surface area contributed by atoms with Gasteiger partial charge in [0, 0.05) is 64.0 Å². The van der Waals surface area contributed by atoms with Gasteiger partial charge in [0.25, 0.3) is 0 Å². The Balaban J connectivity index is -0.000000169. The van der Waals surface area contributed by atoms with Crippen LogP contribution in [0.15, 0.2) is 43.0 Å². The first kappa shape index (κ1) is 115. The zero-order chi connectivity index (χ0) is 84.0. The maximum Gasteiger partial charge on any atom is 0.314 e. The highest BCUT2D eigenvalue weighted by atomic mass is 16.6. The molecule has 1 aromatic rings. The van der Waals surface area contributed by atoms with Crippen molar-refractivity contribution < 1.29 is 129 Å². The van der Waals surface area contributed by atoms with Crippen molar-refractivity contribution in [2.24, 2.45) is 38.4 Å². The lowest BCUT2D eigenvalue weighted by atomic mass is 9.95. The van der Waals surface area contributed by atoms with Crippen LogP contribution in [0.5, 0.6) is 0 Å². The molecule has 0 saturated heterocycles. The molecule has 0 heterocycles. The van der Waals surface area contributed by atoms with Crippen LogP contribution in [-0.2, 0) is 130 Å². The number of esters is 8. The quantitative estimate of drug-likeness (QED) is 0.0367. The van der Waals surface area contributed by atoms with Crippen molar-refractivity contribution in [1.82, 2.24) is 0 Å². The van der Waals surface area contributed by atoms with Gasteiger partial charge >= 0.3 is 53.7 Å². The number of carbonyl (C=O) groups is 9. The van der Waals surface area contributed by atoms with Gasteiger partial charge in [0.05, 0.1) is 143 Å². The van der Waals surface area contributed by atoms with Crippen LogP contribution in [0.2, 0.25) is 0 Å². The molecule has 27 nitrogen and oxygen atoms in total. The number of ether oxygens (including phenoxy) is 17. The van der Waals surface area contributed by atoms with E-state index in [9.17, 15) is 43.2 Å². The van der Waals surface area contributed by atoms with E-state index in [1.54, 1.807) is 119 Å². The van der Waals surface area contributed by atoms with Crippen LogP contribution in [0.1, 0.15) is 197 Å². The second kappa shape index (κ2) is 65.0. The third kappa shape index (κ3) is 71.8. The van der Waals surface area contributed by atoms with Gasteiger partial charge in [0.1, 0.15) is 18.8 Å². The average Bonchev–Trinajstić information content (AvgIpc) is 0.913. The lowest BCUT2D eigenvalue weighted by molar-refractivity contribution is -0.168. The second-order valence-corrected chi connectivity index (χ2v) is 29.5. The minimum Gasteiger partial charge on any atom is -0.481 e. The van der Waals surface area contributed by atoms with E-state index in [4.69, 9.17) is 76.2 Å². The average molecular weight is 1520 g/mol. The van der Waals surface area contributed by atoms with Gasteiger partial charge in [-0.25, -0.2) is 0 Å². The highest BCUT2D eigenvalue weighted by molar-refractivity contribution is 5.78. The number of methoxy groups -OCH3 is 10. The standard InChI is InChI=1S/C13H18O3.C10H20O3.2C9H18O3.2C8H16O3.C8H14O3.C7H14O3.C6H12O3/c1-13(2,10-15-3)12(14)16-9-11-7-5-4-6-8-11;1-9(2,3)13-8(11)10(4,5)7-12-6;1-7(2)12-8(10)9(3,4)6-11-5;1-7(2)6-12-9(10)5-8(3)11-4;1-5-11-7(9)8(2,3)6-10-4;2*1-4-5-11-8(9)6-7(2)10-3;1-7(2,5-9-3)6(8)10-4;1-6(2,4-9-3)5(7)8/h4-8H,9-10H2,1-3H3;7H2,1-6H3;7H,6H2,1-5H3;7-8H,5-6H2,1-4H3;5-6H2,1-4H3;7H,4-6H2,1-3H3;4,7H,1,5-6H2,2-3H3;5H2,1-4H3;4H2,1-3H3,(H,7,8). The van der Waals surface area contributed by atoms with Gasteiger partial charge in [0.2, 0.25) is 0 Å². The SMILES string of the molecule is C=CCOC(=O)CC(C)OC.CCCOC(=O)CC(C)OC.CCOC(=O)C(C)(C)COC.COC(C)CC(=O)OCC(C)C.COCC(C)(C)C(=O)O.COCC(C)(C)C(=O)OC.COCC(C)(C)C(=O)OC(C)(C)C.COCC(C)(C)C(=O)OC(C)C.COCC(C)(C)C(=O)OCc1ccccc1. The molecule has 0 fully saturated rings. The van der Waals surface area contributed by atoms with Crippen molar-refractivity contribution in [3.8, 4) is 0 Å². The molecule has 0 bridgehead atoms. The molecular weight excluding hydrogens is 1370 g/mol. The van der Waals surface area contributed by atoms with Crippen LogP contribution in [0.3, 0.4) is 0 Å². The maximum atomic E-state index is 11.7. The van der Waals surface area contributed by atoms with Crippen molar-refractivity contribution >= 4 is 53.7 Å². The molecule has 0 radical (unpaired) electrons. The van der Waals surface area contributed by atoms with Gasteiger partial charge in [-0.2, -0.15) is 0 Å². The van der Waals surface area contributed by atoms with Gasteiger partial charge in [-0.1, -0.05) is 63.8 Å². The number of hydrogen-bond acceptors (Lipinski definition) is 26. The minimum absolute atomic E-state index is 0.0423. The normalized spacial score (nSPS) is 12.0. The summed E-state index contributed by atoms with van der Waals surface area (Å²) in [5.74, 6) is -2.16. The number of carboxylic acids is 1. The molecule has 620 valence electrons.